The lowest BCUT2D eigenvalue weighted by atomic mass is 9.64. The Morgan fingerprint density at radius 1 is 1.00 bits per heavy atom. The van der Waals surface area contributed by atoms with Gasteiger partial charge in [0.25, 0.3) is 0 Å². The molecule has 2 nitrogen and oxygen atoms in total. The van der Waals surface area contributed by atoms with Crippen molar-refractivity contribution in [2.45, 2.75) is 109 Å². The average Bonchev–Trinajstić information content (AvgIpc) is 3.10. The van der Waals surface area contributed by atoms with Gasteiger partial charge in [0.15, 0.2) is 0 Å². The SMILES string of the molecule is CCCC(CC1CC2(CCCN2C(C)C)C1)N1CCC2(CCC2)C1. The van der Waals surface area contributed by atoms with Gasteiger partial charge in [0.1, 0.15) is 0 Å². The standard InChI is InChI=1S/C22H40N2/c1-4-7-20(23-13-11-21(17-23)8-5-9-21)14-19-15-22(16-19)10-6-12-24(22)18(2)3/h18-20H,4-17H2,1-3H3. The van der Waals surface area contributed by atoms with Crippen LogP contribution in [0.15, 0.2) is 0 Å². The van der Waals surface area contributed by atoms with Crippen molar-refractivity contribution in [3.8, 4) is 0 Å². The first-order valence-electron chi connectivity index (χ1n) is 11.1. The molecule has 2 saturated carbocycles. The summed E-state index contributed by atoms with van der Waals surface area (Å²) in [5.41, 5.74) is 1.39. The fraction of sp³-hybridized carbons (Fsp3) is 1.00. The van der Waals surface area contributed by atoms with E-state index in [1.54, 1.807) is 0 Å². The van der Waals surface area contributed by atoms with Crippen LogP contribution < -0.4 is 0 Å². The summed E-state index contributed by atoms with van der Waals surface area (Å²) in [6, 6.07) is 1.64. The predicted molar refractivity (Wildman–Crippen MR) is 102 cm³/mol. The van der Waals surface area contributed by atoms with E-state index >= 15 is 0 Å². The van der Waals surface area contributed by atoms with Gasteiger partial charge in [0, 0.05) is 24.2 Å². The maximum Gasteiger partial charge on any atom is 0.0218 e. The molecule has 2 heteroatoms. The van der Waals surface area contributed by atoms with E-state index in [-0.39, 0.29) is 0 Å². The molecule has 0 radical (unpaired) electrons. The number of hydrogen-bond acceptors (Lipinski definition) is 2. The smallest absolute Gasteiger partial charge is 0.0218 e. The van der Waals surface area contributed by atoms with Gasteiger partial charge in [-0.2, -0.15) is 0 Å². The van der Waals surface area contributed by atoms with E-state index in [9.17, 15) is 0 Å². The summed E-state index contributed by atoms with van der Waals surface area (Å²) in [7, 11) is 0. The molecule has 138 valence electrons. The first-order valence-corrected chi connectivity index (χ1v) is 11.1. The van der Waals surface area contributed by atoms with E-state index in [0.717, 1.165) is 23.4 Å². The molecule has 2 aliphatic carbocycles. The second kappa shape index (κ2) is 6.58. The van der Waals surface area contributed by atoms with Crippen molar-refractivity contribution in [3.63, 3.8) is 0 Å². The minimum Gasteiger partial charge on any atom is -0.300 e. The third kappa shape index (κ3) is 2.96. The molecule has 1 unspecified atom stereocenters. The van der Waals surface area contributed by atoms with Crippen LogP contribution in [0.4, 0.5) is 0 Å². The number of rotatable bonds is 6. The van der Waals surface area contributed by atoms with Crippen LogP contribution in [0.25, 0.3) is 0 Å². The second-order valence-corrected chi connectivity index (χ2v) is 10.1. The Bertz CT molecular complexity index is 433. The summed E-state index contributed by atoms with van der Waals surface area (Å²) in [6.07, 6.45) is 16.3. The van der Waals surface area contributed by atoms with E-state index in [4.69, 9.17) is 0 Å². The third-order valence-corrected chi connectivity index (χ3v) is 8.24. The Hall–Kier alpha value is -0.0800. The highest BCUT2D eigenvalue weighted by molar-refractivity contribution is 5.07. The van der Waals surface area contributed by atoms with Crippen molar-refractivity contribution in [3.05, 3.63) is 0 Å². The fourth-order valence-electron chi connectivity index (χ4n) is 6.92. The van der Waals surface area contributed by atoms with Crippen molar-refractivity contribution >= 4 is 0 Å². The normalized spacial score (nSPS) is 37.2. The minimum absolute atomic E-state index is 0.621. The van der Waals surface area contributed by atoms with Gasteiger partial charge in [-0.3, -0.25) is 9.80 Å². The van der Waals surface area contributed by atoms with Crippen LogP contribution in [0, 0.1) is 11.3 Å². The quantitative estimate of drug-likeness (QED) is 0.669. The molecule has 0 bridgehead atoms. The second-order valence-electron chi connectivity index (χ2n) is 10.1. The lowest BCUT2D eigenvalue weighted by Crippen LogP contribution is -2.56. The molecule has 2 saturated heterocycles. The molecule has 2 heterocycles. The van der Waals surface area contributed by atoms with Crippen LogP contribution in [0.1, 0.15) is 91.4 Å². The van der Waals surface area contributed by atoms with E-state index in [1.807, 2.05) is 0 Å². The zero-order valence-corrected chi connectivity index (χ0v) is 16.5. The van der Waals surface area contributed by atoms with Crippen molar-refractivity contribution in [1.82, 2.24) is 9.80 Å². The largest absolute Gasteiger partial charge is 0.300 e. The number of nitrogens with zero attached hydrogens (tertiary/aromatic N) is 2. The van der Waals surface area contributed by atoms with Crippen molar-refractivity contribution in [2.75, 3.05) is 19.6 Å². The van der Waals surface area contributed by atoms with E-state index in [2.05, 4.69) is 30.6 Å². The van der Waals surface area contributed by atoms with Crippen molar-refractivity contribution in [2.24, 2.45) is 11.3 Å². The summed E-state index contributed by atoms with van der Waals surface area (Å²) in [4.78, 5) is 5.76. The highest BCUT2D eigenvalue weighted by Gasteiger charge is 2.52. The van der Waals surface area contributed by atoms with Crippen molar-refractivity contribution < 1.29 is 0 Å². The van der Waals surface area contributed by atoms with Gasteiger partial charge < -0.3 is 0 Å². The Balaban J connectivity index is 1.32. The molecule has 0 N–H and O–H groups in total. The van der Waals surface area contributed by atoms with Crippen LogP contribution >= 0.6 is 0 Å². The first kappa shape index (κ1) is 17.3. The van der Waals surface area contributed by atoms with Gasteiger partial charge in [-0.25, -0.2) is 0 Å². The van der Waals surface area contributed by atoms with Gasteiger partial charge in [-0.1, -0.05) is 19.8 Å². The summed E-state index contributed by atoms with van der Waals surface area (Å²) in [6.45, 7) is 11.4. The molecule has 2 spiro atoms. The Kier molecular flexibility index (Phi) is 4.75. The summed E-state index contributed by atoms with van der Waals surface area (Å²) in [5.74, 6) is 1.01. The molecule has 0 aromatic rings. The van der Waals surface area contributed by atoms with Gasteiger partial charge in [0.2, 0.25) is 0 Å². The molecule has 4 rings (SSSR count). The maximum absolute atomic E-state index is 2.92. The number of hydrogen-bond donors (Lipinski definition) is 0. The Morgan fingerprint density at radius 2 is 1.79 bits per heavy atom. The molecular formula is C22H40N2. The molecule has 2 aliphatic heterocycles. The maximum atomic E-state index is 2.92. The minimum atomic E-state index is 0.621. The first-order chi connectivity index (χ1) is 11.6. The molecule has 4 aliphatic rings. The molecule has 0 aromatic heterocycles. The van der Waals surface area contributed by atoms with E-state index < -0.39 is 0 Å². The van der Waals surface area contributed by atoms with Crippen LogP contribution in [0.5, 0.6) is 0 Å². The van der Waals surface area contributed by atoms with Gasteiger partial charge >= 0.3 is 0 Å². The Labute approximate surface area is 150 Å². The van der Waals surface area contributed by atoms with Gasteiger partial charge in [0.05, 0.1) is 0 Å². The summed E-state index contributed by atoms with van der Waals surface area (Å²) < 4.78 is 0. The molecule has 0 aromatic carbocycles. The lowest BCUT2D eigenvalue weighted by molar-refractivity contribution is -0.0253. The molecular weight excluding hydrogens is 292 g/mol. The van der Waals surface area contributed by atoms with Crippen LogP contribution in [-0.2, 0) is 0 Å². The van der Waals surface area contributed by atoms with Gasteiger partial charge in [-0.15, -0.1) is 0 Å². The van der Waals surface area contributed by atoms with Crippen LogP contribution in [0.2, 0.25) is 0 Å². The topological polar surface area (TPSA) is 6.48 Å². The highest BCUT2D eigenvalue weighted by atomic mass is 15.3. The molecule has 0 amide bonds. The molecule has 4 fully saturated rings. The average molecular weight is 333 g/mol. The third-order valence-electron chi connectivity index (χ3n) is 8.24. The zero-order chi connectivity index (χ0) is 16.8. The molecule has 1 atom stereocenters. The lowest BCUT2D eigenvalue weighted by Gasteiger charge is -2.54. The summed E-state index contributed by atoms with van der Waals surface area (Å²) >= 11 is 0. The Morgan fingerprint density at radius 3 is 2.38 bits per heavy atom. The van der Waals surface area contributed by atoms with E-state index in [1.165, 1.54) is 90.3 Å². The molecule has 24 heavy (non-hydrogen) atoms. The fourth-order valence-corrected chi connectivity index (χ4v) is 6.92. The predicted octanol–water partition coefficient (Wildman–Crippen LogP) is 5.07. The van der Waals surface area contributed by atoms with Crippen molar-refractivity contribution in [1.29, 1.82) is 0 Å². The van der Waals surface area contributed by atoms with Gasteiger partial charge in [-0.05, 0) is 96.1 Å². The monoisotopic (exact) mass is 332 g/mol. The van der Waals surface area contributed by atoms with Crippen LogP contribution in [0.3, 0.4) is 0 Å². The zero-order valence-electron chi connectivity index (χ0n) is 16.5. The number of likely N-dealkylation sites (tertiary alicyclic amines) is 2. The highest BCUT2D eigenvalue weighted by Crippen LogP contribution is 2.53. The summed E-state index contributed by atoms with van der Waals surface area (Å²) in [5, 5.41) is 0. The van der Waals surface area contributed by atoms with Crippen LogP contribution in [-0.4, -0.2) is 47.1 Å². The van der Waals surface area contributed by atoms with E-state index in [0.29, 0.717) is 5.54 Å².